The van der Waals surface area contributed by atoms with E-state index in [4.69, 9.17) is 14.2 Å². The Morgan fingerprint density at radius 1 is 0.439 bits per heavy atom. The van der Waals surface area contributed by atoms with Crippen molar-refractivity contribution in [1.82, 2.24) is 5.32 Å². The van der Waals surface area contributed by atoms with Crippen molar-refractivity contribution in [2.24, 2.45) is 0 Å². The van der Waals surface area contributed by atoms with Gasteiger partial charge in [-0.05, 0) is 70.6 Å². The van der Waals surface area contributed by atoms with Gasteiger partial charge in [-0.2, -0.15) is 0 Å². The first kappa shape index (κ1) is 77.9. The summed E-state index contributed by atoms with van der Waals surface area (Å²) in [4.78, 5) is 25.1. The maximum Gasteiger partial charge on any atom is 0.305 e. The van der Waals surface area contributed by atoms with Crippen molar-refractivity contribution < 1.29 is 49.3 Å². The molecule has 0 saturated carbocycles. The Hall–Kier alpha value is -2.12. The Labute approximate surface area is 504 Å². The zero-order valence-corrected chi connectivity index (χ0v) is 53.5. The van der Waals surface area contributed by atoms with Crippen molar-refractivity contribution in [2.45, 2.75) is 384 Å². The molecule has 0 aromatic heterocycles. The number of amides is 1. The van der Waals surface area contributed by atoms with E-state index in [1.807, 2.05) is 6.08 Å². The van der Waals surface area contributed by atoms with Crippen LogP contribution in [0.15, 0.2) is 36.5 Å². The molecule has 1 aliphatic rings. The lowest BCUT2D eigenvalue weighted by molar-refractivity contribution is -0.302. The molecule has 11 nitrogen and oxygen atoms in total. The highest BCUT2D eigenvalue weighted by atomic mass is 16.7. The number of esters is 1. The molecule has 0 aliphatic carbocycles. The number of allylic oxidation sites excluding steroid dienone is 5. The molecule has 482 valence electrons. The van der Waals surface area contributed by atoms with Crippen molar-refractivity contribution in [3.8, 4) is 0 Å². The summed E-state index contributed by atoms with van der Waals surface area (Å²) in [5.74, 6) is -0.179. The normalized spacial score (nSPS) is 18.4. The molecule has 1 saturated heterocycles. The van der Waals surface area contributed by atoms with Gasteiger partial charge in [-0.15, -0.1) is 0 Å². The molecule has 1 fully saturated rings. The van der Waals surface area contributed by atoms with E-state index in [-0.39, 0.29) is 18.5 Å². The standard InChI is InChI=1S/C71H133NO10/c1-3-5-7-9-11-13-14-35-39-43-47-51-55-59-67(76)80-60-56-52-48-44-40-37-34-32-30-28-26-24-22-20-18-16-15-17-19-21-23-25-27-29-31-33-36-38-42-46-50-54-58-66(75)72-63(64(74)57-53-49-45-41-12-10-8-6-4-2)62-81-71-70(79)69(78)68(77)65(61-73)82-71/h12,18,20,41,53,57,63-65,68-71,73-74,77-79H,3-11,13-17,19,21-40,42-52,54-56,58-62H2,1-2H3,(H,72,75)/b20-18-,41-12+,57-53+. The Morgan fingerprint density at radius 2 is 0.793 bits per heavy atom. The minimum Gasteiger partial charge on any atom is -0.466 e. The first-order valence-electron chi connectivity index (χ1n) is 35.3. The molecular weight excluding hydrogens is 1030 g/mol. The molecule has 1 aliphatic heterocycles. The van der Waals surface area contributed by atoms with E-state index in [0.29, 0.717) is 19.4 Å². The fourth-order valence-corrected chi connectivity index (χ4v) is 11.2. The van der Waals surface area contributed by atoms with Crippen LogP contribution in [0.2, 0.25) is 0 Å². The quantitative estimate of drug-likeness (QED) is 0.0195. The third-order valence-electron chi connectivity index (χ3n) is 16.7. The van der Waals surface area contributed by atoms with Gasteiger partial charge in [0.2, 0.25) is 5.91 Å². The van der Waals surface area contributed by atoms with Crippen LogP contribution in [0.3, 0.4) is 0 Å². The number of ether oxygens (including phenoxy) is 3. The Kier molecular flexibility index (Phi) is 57.5. The zero-order chi connectivity index (χ0) is 59.5. The van der Waals surface area contributed by atoms with Crippen LogP contribution in [0.4, 0.5) is 0 Å². The van der Waals surface area contributed by atoms with Gasteiger partial charge in [0.15, 0.2) is 6.29 Å². The summed E-state index contributed by atoms with van der Waals surface area (Å²) in [5.41, 5.74) is 0. The van der Waals surface area contributed by atoms with Crippen LogP contribution in [0.5, 0.6) is 0 Å². The van der Waals surface area contributed by atoms with Gasteiger partial charge in [-0.1, -0.05) is 294 Å². The van der Waals surface area contributed by atoms with E-state index in [9.17, 15) is 35.1 Å². The van der Waals surface area contributed by atoms with Gasteiger partial charge >= 0.3 is 5.97 Å². The monoisotopic (exact) mass is 1160 g/mol. The molecule has 1 amide bonds. The van der Waals surface area contributed by atoms with Crippen molar-refractivity contribution in [2.75, 3.05) is 19.8 Å². The van der Waals surface area contributed by atoms with Crippen molar-refractivity contribution >= 4 is 11.9 Å². The highest BCUT2D eigenvalue weighted by molar-refractivity contribution is 5.76. The van der Waals surface area contributed by atoms with Gasteiger partial charge in [0, 0.05) is 12.8 Å². The highest BCUT2D eigenvalue weighted by Gasteiger charge is 2.44. The van der Waals surface area contributed by atoms with Crippen LogP contribution in [-0.2, 0) is 23.8 Å². The topological polar surface area (TPSA) is 175 Å². The maximum atomic E-state index is 13.0. The lowest BCUT2D eigenvalue weighted by atomic mass is 9.99. The molecule has 1 heterocycles. The molecule has 0 aromatic rings. The molecular formula is C71H133NO10. The van der Waals surface area contributed by atoms with Gasteiger partial charge in [0.05, 0.1) is 32.0 Å². The fraction of sp³-hybridized carbons (Fsp3) is 0.887. The average Bonchev–Trinajstić information content (AvgIpc) is 3.49. The van der Waals surface area contributed by atoms with Crippen LogP contribution < -0.4 is 5.32 Å². The third kappa shape index (κ3) is 49.0. The molecule has 7 unspecified atom stereocenters. The number of hydrogen-bond donors (Lipinski definition) is 6. The first-order valence-corrected chi connectivity index (χ1v) is 35.3. The number of unbranched alkanes of at least 4 members (excludes halogenated alkanes) is 44. The van der Waals surface area contributed by atoms with Gasteiger partial charge in [-0.25, -0.2) is 0 Å². The predicted octanol–water partition coefficient (Wildman–Crippen LogP) is 17.8. The van der Waals surface area contributed by atoms with Crippen LogP contribution in [0.25, 0.3) is 0 Å². The Balaban J connectivity index is 1.91. The summed E-state index contributed by atoms with van der Waals surface area (Å²) in [6.45, 7) is 4.31. The molecule has 7 atom stereocenters. The predicted molar refractivity (Wildman–Crippen MR) is 343 cm³/mol. The number of rotatable bonds is 62. The third-order valence-corrected chi connectivity index (χ3v) is 16.7. The molecule has 1 rings (SSSR count). The molecule has 0 radical (unpaired) electrons. The second-order valence-electron chi connectivity index (χ2n) is 24.6. The molecule has 0 aromatic carbocycles. The van der Waals surface area contributed by atoms with E-state index >= 15 is 0 Å². The summed E-state index contributed by atoms with van der Waals surface area (Å²) in [6.07, 6.45) is 67.4. The summed E-state index contributed by atoms with van der Waals surface area (Å²) < 4.78 is 16.7. The first-order chi connectivity index (χ1) is 40.2. The van der Waals surface area contributed by atoms with Gasteiger partial charge in [-0.3, -0.25) is 9.59 Å². The van der Waals surface area contributed by atoms with Crippen LogP contribution in [-0.4, -0.2) is 100 Å². The van der Waals surface area contributed by atoms with E-state index in [1.165, 1.54) is 263 Å². The lowest BCUT2D eigenvalue weighted by Crippen LogP contribution is -2.60. The second-order valence-corrected chi connectivity index (χ2v) is 24.6. The van der Waals surface area contributed by atoms with E-state index in [1.54, 1.807) is 6.08 Å². The number of carbonyl (C=O) groups is 2. The minimum atomic E-state index is -1.57. The molecule has 0 bridgehead atoms. The van der Waals surface area contributed by atoms with Gasteiger partial charge < -0.3 is 45.1 Å². The van der Waals surface area contributed by atoms with Gasteiger partial charge in [0.1, 0.15) is 24.4 Å². The fourth-order valence-electron chi connectivity index (χ4n) is 11.2. The number of hydrogen-bond acceptors (Lipinski definition) is 10. The van der Waals surface area contributed by atoms with E-state index < -0.39 is 49.5 Å². The summed E-state index contributed by atoms with van der Waals surface area (Å²) in [7, 11) is 0. The van der Waals surface area contributed by atoms with Crippen LogP contribution >= 0.6 is 0 Å². The Bertz CT molecular complexity index is 1460. The van der Waals surface area contributed by atoms with E-state index in [2.05, 4.69) is 43.5 Å². The van der Waals surface area contributed by atoms with Crippen molar-refractivity contribution in [3.63, 3.8) is 0 Å². The summed E-state index contributed by atoms with van der Waals surface area (Å²) >= 11 is 0. The Morgan fingerprint density at radius 3 is 1.23 bits per heavy atom. The SMILES string of the molecule is CCCCC/C=C/CC/C=C/C(O)C(COC1OC(CO)C(O)C(O)C1O)NC(=O)CCCCCCCCCCCCCCCCCC/C=C\CCCCCCCCCCCCCCOC(=O)CCCCCCCCCCCCCCC. The van der Waals surface area contributed by atoms with Crippen LogP contribution in [0, 0.1) is 0 Å². The average molecular weight is 1160 g/mol. The highest BCUT2D eigenvalue weighted by Crippen LogP contribution is 2.23. The number of nitrogens with one attached hydrogen (secondary N) is 1. The smallest absolute Gasteiger partial charge is 0.305 e. The van der Waals surface area contributed by atoms with Crippen molar-refractivity contribution in [3.05, 3.63) is 36.5 Å². The minimum absolute atomic E-state index is 0.0121. The summed E-state index contributed by atoms with van der Waals surface area (Å²) in [5, 5.41) is 54.2. The summed E-state index contributed by atoms with van der Waals surface area (Å²) in [6, 6.07) is -0.824. The molecule has 0 spiro atoms. The number of aliphatic hydroxyl groups is 5. The molecule has 82 heavy (non-hydrogen) atoms. The largest absolute Gasteiger partial charge is 0.466 e. The molecule has 6 N–H and O–H groups in total. The van der Waals surface area contributed by atoms with E-state index in [0.717, 1.165) is 51.4 Å². The second kappa shape index (κ2) is 60.6. The zero-order valence-electron chi connectivity index (χ0n) is 53.5. The van der Waals surface area contributed by atoms with Crippen LogP contribution in [0.1, 0.15) is 341 Å². The van der Waals surface area contributed by atoms with Gasteiger partial charge in [0.25, 0.3) is 0 Å². The molecule has 11 heteroatoms. The maximum absolute atomic E-state index is 13.0. The lowest BCUT2D eigenvalue weighted by Gasteiger charge is -2.40. The number of aliphatic hydroxyl groups excluding tert-OH is 5. The number of carbonyl (C=O) groups excluding carboxylic acids is 2. The van der Waals surface area contributed by atoms with Crippen molar-refractivity contribution in [1.29, 1.82) is 0 Å².